The zero-order valence-corrected chi connectivity index (χ0v) is 34.7. The molecule has 0 aliphatic rings. The maximum absolute atomic E-state index is 13.0. The summed E-state index contributed by atoms with van der Waals surface area (Å²) in [6.07, 6.45) is 0. The second kappa shape index (κ2) is 17.0. The molecule has 0 heterocycles. The number of phenolic OH excluding ortho intramolecular Hbond substituents is 1. The third-order valence-electron chi connectivity index (χ3n) is 5.98. The summed E-state index contributed by atoms with van der Waals surface area (Å²) < 4.78 is 133. The number of phenols is 1. The maximum atomic E-state index is 13.0. The molecule has 2 N–H and O–H groups in total. The van der Waals surface area contributed by atoms with Crippen molar-refractivity contribution in [1.29, 1.82) is 0 Å². The van der Waals surface area contributed by atoms with Crippen LogP contribution in [0.4, 0.5) is 17.1 Å². The summed E-state index contributed by atoms with van der Waals surface area (Å²) >= 11 is 0. The molecule has 0 saturated carbocycles. The standard InChI is InChI=1S/C24H21N3O14S4.3Na/c1-13(28)25-16-4-5-19-15(8-16)10-22(44(35,36)37)23(24(19)29)27-26-17-3-2-14-9-18(43(32,33)34)12-21(20(14)11-17)42(30,31)7-6-41-45(38,39)40;;;/h2-5,8-12,29H,6-7H2,1H3,(H,25,28)(H,32,33,34)(H,35,36,37)(H,38,39,40);;;/q;3*+1/p-3. The SMILES string of the molecule is CC(=O)Nc1ccc2c(O)c(N=Nc3ccc4cc(S(=O)(=O)[O-])cc(S(=O)(=O)CCOS(=O)(=O)[O-])c4c3)c(S(=O)(=O)[O-])cc2c1.[Na+].[Na+].[Na+]. The van der Waals surface area contributed by atoms with E-state index in [0.717, 1.165) is 30.3 Å². The molecule has 17 nitrogen and oxygen atoms in total. The Hall–Kier alpha value is -1.09. The molecule has 1 amide bonds. The fourth-order valence-corrected chi connectivity index (χ4v) is 7.12. The Balaban J connectivity index is 0.00000384. The van der Waals surface area contributed by atoms with E-state index in [2.05, 4.69) is 19.7 Å². The predicted octanol–water partition coefficient (Wildman–Crippen LogP) is -6.86. The third kappa shape index (κ3) is 11.2. The van der Waals surface area contributed by atoms with E-state index in [1.165, 1.54) is 25.1 Å². The monoisotopic (exact) mass is 769 g/mol. The normalized spacial score (nSPS) is 12.2. The zero-order valence-electron chi connectivity index (χ0n) is 25.4. The van der Waals surface area contributed by atoms with E-state index in [9.17, 15) is 57.2 Å². The van der Waals surface area contributed by atoms with E-state index in [1.54, 1.807) is 0 Å². The summed E-state index contributed by atoms with van der Waals surface area (Å²) in [4.78, 5) is 8.65. The summed E-state index contributed by atoms with van der Waals surface area (Å²) in [5.41, 5.74) is -0.764. The molecule has 0 bridgehead atoms. The second-order valence-corrected chi connectivity index (χ2v) is 15.0. The molecule has 240 valence electrons. The van der Waals surface area contributed by atoms with Gasteiger partial charge >= 0.3 is 88.7 Å². The van der Waals surface area contributed by atoms with Gasteiger partial charge in [-0.25, -0.2) is 33.7 Å². The molecular weight excluding hydrogens is 752 g/mol. The van der Waals surface area contributed by atoms with Gasteiger partial charge in [-0.05, 0) is 59.3 Å². The first-order chi connectivity index (χ1) is 20.7. The summed E-state index contributed by atoms with van der Waals surface area (Å²) in [6.45, 7) is 0.0912. The molecule has 0 spiro atoms. The fraction of sp³-hybridized carbons (Fsp3) is 0.125. The van der Waals surface area contributed by atoms with Crippen LogP contribution in [0.15, 0.2) is 79.5 Å². The second-order valence-electron chi connectivity index (χ2n) is 9.17. The minimum absolute atomic E-state index is 0. The number of amides is 1. The van der Waals surface area contributed by atoms with Crippen molar-refractivity contribution < 1.29 is 150 Å². The van der Waals surface area contributed by atoms with Crippen molar-refractivity contribution in [2.45, 2.75) is 21.6 Å². The van der Waals surface area contributed by atoms with Gasteiger partial charge in [0.25, 0.3) is 0 Å². The Kier molecular flexibility index (Phi) is 15.9. The number of carbonyl (C=O) groups excluding carboxylic acids is 1. The van der Waals surface area contributed by atoms with Crippen molar-refractivity contribution in [3.63, 3.8) is 0 Å². The molecule has 0 atom stereocenters. The topological polar surface area (TPSA) is 289 Å². The summed E-state index contributed by atoms with van der Waals surface area (Å²) in [5.74, 6) is -2.35. The number of rotatable bonds is 10. The van der Waals surface area contributed by atoms with Crippen LogP contribution < -0.4 is 94.0 Å². The van der Waals surface area contributed by atoms with Crippen LogP contribution in [-0.4, -0.2) is 70.7 Å². The smallest absolute Gasteiger partial charge is 0.744 e. The van der Waals surface area contributed by atoms with E-state index >= 15 is 0 Å². The molecule has 0 aliphatic carbocycles. The Labute approximate surface area is 340 Å². The Morgan fingerprint density at radius 2 is 1.42 bits per heavy atom. The molecule has 4 aromatic carbocycles. The van der Waals surface area contributed by atoms with Crippen molar-refractivity contribution in [3.8, 4) is 5.75 Å². The first-order valence-corrected chi connectivity index (χ1v) is 17.8. The molecule has 48 heavy (non-hydrogen) atoms. The number of fused-ring (bicyclic) bond motifs is 2. The number of aromatic hydroxyl groups is 1. The van der Waals surface area contributed by atoms with E-state index in [1.807, 2.05) is 0 Å². The Morgan fingerprint density at radius 3 is 1.98 bits per heavy atom. The maximum Gasteiger partial charge on any atom is 1.00 e. The molecule has 4 rings (SSSR count). The predicted molar refractivity (Wildman–Crippen MR) is 152 cm³/mol. The number of azo groups is 1. The van der Waals surface area contributed by atoms with Crippen molar-refractivity contribution >= 4 is 85.0 Å². The molecular formula is C24H18N3Na3O14S4. The minimum Gasteiger partial charge on any atom is -0.744 e. The quantitative estimate of drug-likeness (QED) is 0.0656. The van der Waals surface area contributed by atoms with Crippen molar-refractivity contribution in [2.75, 3.05) is 17.7 Å². The van der Waals surface area contributed by atoms with Gasteiger partial charge in [-0.15, -0.1) is 5.11 Å². The average Bonchev–Trinajstić information content (AvgIpc) is 2.89. The molecule has 0 unspecified atom stereocenters. The van der Waals surface area contributed by atoms with Gasteiger partial charge in [0.1, 0.15) is 25.9 Å². The molecule has 0 aromatic heterocycles. The first-order valence-electron chi connectivity index (χ1n) is 12.0. The van der Waals surface area contributed by atoms with Gasteiger partial charge in [0.2, 0.25) is 16.3 Å². The van der Waals surface area contributed by atoms with Crippen molar-refractivity contribution in [1.82, 2.24) is 0 Å². The van der Waals surface area contributed by atoms with Crippen LogP contribution in [0.1, 0.15) is 6.92 Å². The van der Waals surface area contributed by atoms with Gasteiger partial charge in [0.15, 0.2) is 15.6 Å². The number of nitrogens with zero attached hydrogens (tertiary/aromatic N) is 2. The minimum atomic E-state index is -5.28. The van der Waals surface area contributed by atoms with E-state index in [0.29, 0.717) is 6.07 Å². The van der Waals surface area contributed by atoms with Crippen LogP contribution in [0.25, 0.3) is 21.5 Å². The number of nitrogens with one attached hydrogen (secondary N) is 1. The molecule has 0 saturated heterocycles. The molecule has 0 radical (unpaired) electrons. The number of carbonyl (C=O) groups is 1. The Morgan fingerprint density at radius 1 is 0.771 bits per heavy atom. The van der Waals surface area contributed by atoms with Crippen LogP contribution in [0.2, 0.25) is 0 Å². The average molecular weight is 770 g/mol. The number of hydrogen-bond donors (Lipinski definition) is 2. The van der Waals surface area contributed by atoms with Crippen LogP contribution in [0.5, 0.6) is 5.75 Å². The molecule has 4 aromatic rings. The van der Waals surface area contributed by atoms with Crippen LogP contribution in [-0.2, 0) is 49.5 Å². The van der Waals surface area contributed by atoms with Gasteiger partial charge in [-0.3, -0.25) is 8.98 Å². The third-order valence-corrected chi connectivity index (χ3v) is 9.81. The molecule has 24 heteroatoms. The molecule has 0 aliphatic heterocycles. The largest absolute Gasteiger partial charge is 1.00 e. The van der Waals surface area contributed by atoms with Crippen LogP contribution in [0, 0.1) is 0 Å². The summed E-state index contributed by atoms with van der Waals surface area (Å²) in [5, 5.41) is 20.5. The van der Waals surface area contributed by atoms with Gasteiger partial charge in [-0.2, -0.15) is 5.11 Å². The zero-order chi connectivity index (χ0) is 33.5. The van der Waals surface area contributed by atoms with Crippen molar-refractivity contribution in [2.24, 2.45) is 10.2 Å². The van der Waals surface area contributed by atoms with E-state index in [4.69, 9.17) is 0 Å². The Bertz CT molecular complexity index is 2370. The number of hydrogen-bond acceptors (Lipinski definition) is 16. The number of anilines is 1. The molecule has 0 fully saturated rings. The summed E-state index contributed by atoms with van der Waals surface area (Å²) in [7, 11) is -20.4. The number of sulfone groups is 1. The van der Waals surface area contributed by atoms with Crippen molar-refractivity contribution in [3.05, 3.63) is 54.6 Å². The summed E-state index contributed by atoms with van der Waals surface area (Å²) in [6, 6.07) is 9.57. The van der Waals surface area contributed by atoms with Gasteiger partial charge < -0.3 is 24.1 Å². The van der Waals surface area contributed by atoms with Gasteiger partial charge in [-0.1, -0.05) is 6.07 Å². The van der Waals surface area contributed by atoms with Crippen LogP contribution >= 0.6 is 0 Å². The number of benzene rings is 4. The van der Waals surface area contributed by atoms with Crippen LogP contribution in [0.3, 0.4) is 0 Å². The van der Waals surface area contributed by atoms with Gasteiger partial charge in [0, 0.05) is 23.4 Å². The fourth-order valence-electron chi connectivity index (χ4n) is 4.13. The van der Waals surface area contributed by atoms with Gasteiger partial charge in [0.05, 0.1) is 32.7 Å². The van der Waals surface area contributed by atoms with E-state index < -0.39 is 84.9 Å². The first kappa shape index (κ1) is 44.9. The van der Waals surface area contributed by atoms with E-state index in [-0.39, 0.29) is 122 Å².